The van der Waals surface area contributed by atoms with E-state index in [1.54, 1.807) is 18.2 Å². The molecular formula is C22H19ClN2O3S. The number of carbonyl (C=O) groups excluding carboxylic acids is 1. The van der Waals surface area contributed by atoms with Crippen molar-refractivity contribution in [2.75, 3.05) is 10.8 Å². The van der Waals surface area contributed by atoms with Crippen LogP contribution in [0.5, 0.6) is 0 Å². The predicted octanol–water partition coefficient (Wildman–Crippen LogP) is 4.35. The molecule has 3 aromatic carbocycles. The number of anilines is 1. The normalized spacial score (nSPS) is 15.0. The van der Waals surface area contributed by atoms with Crippen molar-refractivity contribution in [2.45, 2.75) is 13.3 Å². The van der Waals surface area contributed by atoms with Gasteiger partial charge in [0.25, 0.3) is 5.91 Å². The van der Waals surface area contributed by atoms with Gasteiger partial charge in [0.2, 0.25) is 0 Å². The molecule has 148 valence electrons. The number of nitrogens with zero attached hydrogens (tertiary/aromatic N) is 1. The number of fused-ring (bicyclic) bond motifs is 1. The molecule has 1 N–H and O–H groups in total. The summed E-state index contributed by atoms with van der Waals surface area (Å²) in [6.07, 6.45) is 0.529. The van der Waals surface area contributed by atoms with Crippen LogP contribution in [-0.2, 0) is 16.6 Å². The number of hydrogen-bond acceptors (Lipinski definition) is 3. The van der Waals surface area contributed by atoms with Crippen LogP contribution < -0.4 is 9.03 Å². The van der Waals surface area contributed by atoms with Gasteiger partial charge in [-0.25, -0.2) is 4.72 Å². The Morgan fingerprint density at radius 2 is 1.72 bits per heavy atom. The van der Waals surface area contributed by atoms with Crippen molar-refractivity contribution in [3.05, 3.63) is 88.4 Å². The number of benzene rings is 3. The second-order valence-electron chi connectivity index (χ2n) is 6.96. The maximum atomic E-state index is 12.6. The lowest BCUT2D eigenvalue weighted by Crippen LogP contribution is -2.49. The third-order valence-electron chi connectivity index (χ3n) is 4.90. The van der Waals surface area contributed by atoms with Crippen molar-refractivity contribution in [3.8, 4) is 11.1 Å². The summed E-state index contributed by atoms with van der Waals surface area (Å²) in [7, 11) is -3.94. The minimum atomic E-state index is -3.94. The highest BCUT2D eigenvalue weighted by molar-refractivity contribution is 7.91. The van der Waals surface area contributed by atoms with Gasteiger partial charge in [-0.05, 0) is 48.2 Å². The van der Waals surface area contributed by atoms with Crippen LogP contribution in [0.25, 0.3) is 11.1 Å². The van der Waals surface area contributed by atoms with Gasteiger partial charge >= 0.3 is 10.2 Å². The van der Waals surface area contributed by atoms with E-state index in [-0.39, 0.29) is 6.54 Å². The van der Waals surface area contributed by atoms with E-state index in [9.17, 15) is 13.2 Å². The van der Waals surface area contributed by atoms with Crippen LogP contribution in [0.1, 0.15) is 21.5 Å². The molecule has 3 aromatic rings. The smallest absolute Gasteiger partial charge is 0.268 e. The van der Waals surface area contributed by atoms with E-state index in [0.29, 0.717) is 22.7 Å². The van der Waals surface area contributed by atoms with Gasteiger partial charge in [-0.1, -0.05) is 60.1 Å². The Balaban J connectivity index is 1.72. The Bertz CT molecular complexity index is 1190. The summed E-state index contributed by atoms with van der Waals surface area (Å²) >= 11 is 6.37. The zero-order valence-electron chi connectivity index (χ0n) is 15.7. The molecule has 1 aliphatic rings. The fraction of sp³-hybridized carbons (Fsp3) is 0.136. The lowest BCUT2D eigenvalue weighted by Gasteiger charge is -2.30. The molecule has 0 bridgehead atoms. The van der Waals surface area contributed by atoms with E-state index >= 15 is 0 Å². The monoisotopic (exact) mass is 426 g/mol. The van der Waals surface area contributed by atoms with Crippen LogP contribution in [0.3, 0.4) is 0 Å². The summed E-state index contributed by atoms with van der Waals surface area (Å²) in [4.78, 5) is 12.5. The standard InChI is InChI=1S/C22H19ClN2O3S/c1-15-7-9-18(20(23)13-15)17-8-10-21-19(14-17)22(26)24-29(27,28)25(21)12-11-16-5-3-2-4-6-16/h2-10,13-14H,11-12H2,1H3,(H,24,26). The van der Waals surface area contributed by atoms with Crippen LogP contribution in [0.4, 0.5) is 5.69 Å². The summed E-state index contributed by atoms with van der Waals surface area (Å²) in [6, 6.07) is 20.5. The minimum Gasteiger partial charge on any atom is -0.268 e. The number of amides is 1. The van der Waals surface area contributed by atoms with E-state index in [1.807, 2.05) is 55.5 Å². The first-order chi connectivity index (χ1) is 13.8. The second kappa shape index (κ2) is 7.54. The van der Waals surface area contributed by atoms with Crippen molar-refractivity contribution in [1.29, 1.82) is 0 Å². The third-order valence-corrected chi connectivity index (χ3v) is 6.62. The Hall–Kier alpha value is -2.83. The molecule has 5 nitrogen and oxygen atoms in total. The van der Waals surface area contributed by atoms with Gasteiger partial charge in [-0.2, -0.15) is 8.42 Å². The van der Waals surface area contributed by atoms with Gasteiger partial charge in [0, 0.05) is 17.1 Å². The summed E-state index contributed by atoms with van der Waals surface area (Å²) < 4.78 is 28.6. The molecule has 0 atom stereocenters. The maximum Gasteiger partial charge on any atom is 0.326 e. The van der Waals surface area contributed by atoms with E-state index in [4.69, 9.17) is 11.6 Å². The summed E-state index contributed by atoms with van der Waals surface area (Å²) in [5, 5.41) is 0.578. The van der Waals surface area contributed by atoms with Crippen LogP contribution in [0.2, 0.25) is 5.02 Å². The predicted molar refractivity (Wildman–Crippen MR) is 116 cm³/mol. The summed E-state index contributed by atoms with van der Waals surface area (Å²) in [6.45, 7) is 2.18. The highest BCUT2D eigenvalue weighted by Crippen LogP contribution is 2.34. The van der Waals surface area contributed by atoms with Gasteiger partial charge in [-0.3, -0.25) is 9.10 Å². The first kappa shape index (κ1) is 19.5. The average molecular weight is 427 g/mol. The van der Waals surface area contributed by atoms with Gasteiger partial charge in [0.1, 0.15) is 0 Å². The van der Waals surface area contributed by atoms with Crippen molar-refractivity contribution in [3.63, 3.8) is 0 Å². The van der Waals surface area contributed by atoms with Crippen LogP contribution in [-0.4, -0.2) is 20.9 Å². The zero-order chi connectivity index (χ0) is 20.6. The van der Waals surface area contributed by atoms with Crippen LogP contribution in [0, 0.1) is 6.92 Å². The molecular weight excluding hydrogens is 408 g/mol. The second-order valence-corrected chi connectivity index (χ2v) is 8.96. The third kappa shape index (κ3) is 3.86. The SMILES string of the molecule is Cc1ccc(-c2ccc3c(c2)C(=O)NS(=O)(=O)N3CCc2ccccc2)c(Cl)c1. The summed E-state index contributed by atoms with van der Waals surface area (Å²) in [5.41, 5.74) is 4.28. The van der Waals surface area contributed by atoms with E-state index in [0.717, 1.165) is 22.3 Å². The highest BCUT2D eigenvalue weighted by Gasteiger charge is 2.34. The average Bonchev–Trinajstić information content (AvgIpc) is 2.68. The largest absolute Gasteiger partial charge is 0.326 e. The number of rotatable bonds is 4. The summed E-state index contributed by atoms with van der Waals surface area (Å²) in [5.74, 6) is -0.638. The molecule has 0 radical (unpaired) electrons. The van der Waals surface area contributed by atoms with Gasteiger partial charge in [0.15, 0.2) is 0 Å². The molecule has 1 amide bonds. The molecule has 7 heteroatoms. The van der Waals surface area contributed by atoms with Crippen LogP contribution >= 0.6 is 11.6 Å². The quantitative estimate of drug-likeness (QED) is 0.674. The zero-order valence-corrected chi connectivity index (χ0v) is 17.3. The maximum absolute atomic E-state index is 12.6. The van der Waals surface area contributed by atoms with Gasteiger partial charge < -0.3 is 0 Å². The van der Waals surface area contributed by atoms with E-state index in [2.05, 4.69) is 4.72 Å². The Labute approximate surface area is 175 Å². The van der Waals surface area contributed by atoms with Crippen LogP contribution in [0.15, 0.2) is 66.7 Å². The van der Waals surface area contributed by atoms with E-state index < -0.39 is 16.1 Å². The Morgan fingerprint density at radius 1 is 0.966 bits per heavy atom. The lowest BCUT2D eigenvalue weighted by molar-refractivity contribution is 0.0980. The minimum absolute atomic E-state index is 0.226. The molecule has 1 aliphatic heterocycles. The first-order valence-electron chi connectivity index (χ1n) is 9.14. The fourth-order valence-corrected chi connectivity index (χ4v) is 4.98. The van der Waals surface area contributed by atoms with Crippen molar-refractivity contribution >= 4 is 33.4 Å². The molecule has 4 rings (SSSR count). The number of aryl methyl sites for hydroxylation is 1. The molecule has 0 aliphatic carbocycles. The Kier molecular flexibility index (Phi) is 5.06. The fourth-order valence-electron chi connectivity index (χ4n) is 3.43. The number of nitrogens with one attached hydrogen (secondary N) is 1. The molecule has 0 fully saturated rings. The van der Waals surface area contributed by atoms with Gasteiger partial charge in [-0.15, -0.1) is 0 Å². The molecule has 0 aromatic heterocycles. The highest BCUT2D eigenvalue weighted by atomic mass is 35.5. The molecule has 29 heavy (non-hydrogen) atoms. The van der Waals surface area contributed by atoms with Crippen molar-refractivity contribution in [2.24, 2.45) is 0 Å². The van der Waals surface area contributed by atoms with Gasteiger partial charge in [0.05, 0.1) is 11.3 Å². The molecule has 0 saturated heterocycles. The van der Waals surface area contributed by atoms with E-state index in [1.165, 1.54) is 4.31 Å². The number of hydrogen-bond donors (Lipinski definition) is 1. The topological polar surface area (TPSA) is 66.5 Å². The van der Waals surface area contributed by atoms with Crippen molar-refractivity contribution < 1.29 is 13.2 Å². The number of carbonyl (C=O) groups is 1. The van der Waals surface area contributed by atoms with Crippen molar-refractivity contribution in [1.82, 2.24) is 4.72 Å². The molecule has 0 unspecified atom stereocenters. The Morgan fingerprint density at radius 3 is 2.45 bits per heavy atom. The molecule has 1 heterocycles. The number of halogens is 1. The molecule has 0 spiro atoms. The lowest BCUT2D eigenvalue weighted by atomic mass is 10.00. The first-order valence-corrected chi connectivity index (χ1v) is 11.0. The molecule has 0 saturated carbocycles.